The van der Waals surface area contributed by atoms with E-state index < -0.39 is 6.10 Å². The number of fused-ring (bicyclic) bond motifs is 4. The topological polar surface area (TPSA) is 113 Å². The van der Waals surface area contributed by atoms with Crippen LogP contribution in [0.25, 0.3) is 10.2 Å². The molecule has 1 atom stereocenters. The predicted molar refractivity (Wildman–Crippen MR) is 119 cm³/mol. The minimum Gasteiger partial charge on any atom is -0.479 e. The van der Waals surface area contributed by atoms with E-state index in [0.29, 0.717) is 29.4 Å². The van der Waals surface area contributed by atoms with Gasteiger partial charge in [-0.1, -0.05) is 0 Å². The summed E-state index contributed by atoms with van der Waals surface area (Å²) < 4.78 is 5.52. The zero-order valence-corrected chi connectivity index (χ0v) is 17.9. The number of aromatic amines is 1. The second-order valence-corrected chi connectivity index (χ2v) is 9.00. The van der Waals surface area contributed by atoms with Gasteiger partial charge in [-0.15, -0.1) is 11.3 Å². The normalized spacial score (nSPS) is 17.5. The summed E-state index contributed by atoms with van der Waals surface area (Å²) >= 11 is 1.60. The first-order chi connectivity index (χ1) is 15.0. The average Bonchev–Trinajstić information content (AvgIpc) is 3.12. The second-order valence-electron chi connectivity index (χ2n) is 7.91. The van der Waals surface area contributed by atoms with E-state index in [4.69, 9.17) is 4.74 Å². The summed E-state index contributed by atoms with van der Waals surface area (Å²) in [4.78, 5) is 46.3. The molecule has 5 rings (SSSR count). The van der Waals surface area contributed by atoms with Gasteiger partial charge in [0.15, 0.2) is 6.10 Å². The van der Waals surface area contributed by atoms with Gasteiger partial charge < -0.3 is 20.4 Å². The van der Waals surface area contributed by atoms with E-state index in [1.807, 2.05) is 0 Å². The number of aryl methyl sites for hydroxylation is 3. The van der Waals surface area contributed by atoms with Crippen molar-refractivity contribution in [3.63, 3.8) is 0 Å². The number of aromatic nitrogens is 2. The van der Waals surface area contributed by atoms with Crippen LogP contribution >= 0.6 is 11.3 Å². The molecule has 2 amide bonds. The summed E-state index contributed by atoms with van der Waals surface area (Å²) in [6, 6.07) is 5.11. The molecule has 8 nitrogen and oxygen atoms in total. The lowest BCUT2D eigenvalue weighted by atomic mass is 9.97. The van der Waals surface area contributed by atoms with Gasteiger partial charge in [0, 0.05) is 23.4 Å². The minimum atomic E-state index is -0.547. The van der Waals surface area contributed by atoms with Crippen molar-refractivity contribution in [2.24, 2.45) is 0 Å². The maximum Gasteiger partial charge on any atom is 0.265 e. The number of thiophene rings is 1. The Morgan fingerprint density at radius 1 is 1.29 bits per heavy atom. The Morgan fingerprint density at radius 3 is 3.00 bits per heavy atom. The quantitative estimate of drug-likeness (QED) is 0.579. The van der Waals surface area contributed by atoms with Crippen LogP contribution in [0.2, 0.25) is 0 Å². The molecule has 3 aromatic rings. The largest absolute Gasteiger partial charge is 0.479 e. The summed E-state index contributed by atoms with van der Waals surface area (Å²) in [7, 11) is 0. The number of hydrogen-bond acceptors (Lipinski definition) is 6. The SMILES string of the molecule is C[C@@H]1Oc2ccc(NC(=O)CCc3nc4sc5c(c4c(=O)[nH]3)CCCC5)cc2NC1=O. The molecular weight excluding hydrogens is 416 g/mol. The first kappa shape index (κ1) is 19.7. The molecule has 1 aliphatic carbocycles. The van der Waals surface area contributed by atoms with Gasteiger partial charge in [0.1, 0.15) is 16.4 Å². The van der Waals surface area contributed by atoms with Crippen LogP contribution in [0.1, 0.15) is 42.5 Å². The lowest BCUT2D eigenvalue weighted by Crippen LogP contribution is -2.34. The molecule has 1 aromatic carbocycles. The molecule has 2 aromatic heterocycles. The number of benzene rings is 1. The molecule has 3 N–H and O–H groups in total. The first-order valence-corrected chi connectivity index (χ1v) is 11.2. The number of carbonyl (C=O) groups excluding carboxylic acids is 2. The maximum absolute atomic E-state index is 12.6. The number of carbonyl (C=O) groups is 2. The summed E-state index contributed by atoms with van der Waals surface area (Å²) in [5, 5.41) is 6.30. The highest BCUT2D eigenvalue weighted by atomic mass is 32.1. The molecule has 0 fully saturated rings. The van der Waals surface area contributed by atoms with E-state index in [0.717, 1.165) is 41.5 Å². The standard InChI is InChI=1S/C22H22N4O4S/c1-11-20(28)24-14-10-12(6-7-15(14)30-11)23-18(27)9-8-17-25-21(29)19-13-4-2-3-5-16(13)31-22(19)26-17/h6-7,10-11H,2-5,8-9H2,1H3,(H,23,27)(H,24,28)(H,25,26,29)/t11-/m0/s1. The van der Waals surface area contributed by atoms with E-state index in [1.165, 1.54) is 4.88 Å². The Bertz CT molecular complexity index is 1260. The van der Waals surface area contributed by atoms with Crippen LogP contribution in [0, 0.1) is 0 Å². The maximum atomic E-state index is 12.6. The van der Waals surface area contributed by atoms with Gasteiger partial charge in [0.2, 0.25) is 5.91 Å². The molecule has 0 unspecified atom stereocenters. The van der Waals surface area contributed by atoms with E-state index in [1.54, 1.807) is 36.5 Å². The predicted octanol–water partition coefficient (Wildman–Crippen LogP) is 3.15. The van der Waals surface area contributed by atoms with Gasteiger partial charge in [-0.2, -0.15) is 0 Å². The molecule has 31 heavy (non-hydrogen) atoms. The summed E-state index contributed by atoms with van der Waals surface area (Å²) in [5.74, 6) is 0.659. The Morgan fingerprint density at radius 2 is 2.13 bits per heavy atom. The van der Waals surface area contributed by atoms with Crippen molar-refractivity contribution in [2.75, 3.05) is 10.6 Å². The van der Waals surface area contributed by atoms with Crippen LogP contribution in [0.3, 0.4) is 0 Å². The zero-order chi connectivity index (χ0) is 21.5. The fraction of sp³-hybridized carbons (Fsp3) is 0.364. The third-order valence-electron chi connectivity index (χ3n) is 5.66. The highest BCUT2D eigenvalue weighted by molar-refractivity contribution is 7.18. The van der Waals surface area contributed by atoms with Gasteiger partial charge in [-0.3, -0.25) is 14.4 Å². The summed E-state index contributed by atoms with van der Waals surface area (Å²) in [6.07, 6.45) is 4.18. The second kappa shape index (κ2) is 7.81. The fourth-order valence-corrected chi connectivity index (χ4v) is 5.35. The molecule has 0 spiro atoms. The van der Waals surface area contributed by atoms with Crippen molar-refractivity contribution >= 4 is 44.7 Å². The third-order valence-corrected chi connectivity index (χ3v) is 6.84. The third kappa shape index (κ3) is 3.81. The minimum absolute atomic E-state index is 0.112. The molecule has 0 bridgehead atoms. The lowest BCUT2D eigenvalue weighted by molar-refractivity contribution is -0.122. The van der Waals surface area contributed by atoms with Crippen molar-refractivity contribution in [3.05, 3.63) is 44.8 Å². The van der Waals surface area contributed by atoms with Gasteiger partial charge in [-0.05, 0) is 56.4 Å². The van der Waals surface area contributed by atoms with Crippen LogP contribution in [-0.2, 0) is 28.9 Å². The summed E-state index contributed by atoms with van der Waals surface area (Å²) in [6.45, 7) is 1.68. The smallest absolute Gasteiger partial charge is 0.265 e. The molecule has 0 saturated heterocycles. The van der Waals surface area contributed by atoms with E-state index in [9.17, 15) is 14.4 Å². The molecular formula is C22H22N4O4S. The Labute approximate surface area is 182 Å². The summed E-state index contributed by atoms with van der Waals surface area (Å²) in [5.41, 5.74) is 2.13. The number of amides is 2. The zero-order valence-electron chi connectivity index (χ0n) is 17.0. The van der Waals surface area contributed by atoms with Crippen molar-refractivity contribution < 1.29 is 14.3 Å². The molecule has 0 radical (unpaired) electrons. The van der Waals surface area contributed by atoms with Crippen LogP contribution < -0.4 is 20.9 Å². The van der Waals surface area contributed by atoms with Gasteiger partial charge >= 0.3 is 0 Å². The molecule has 0 saturated carbocycles. The van der Waals surface area contributed by atoms with Gasteiger partial charge in [0.25, 0.3) is 11.5 Å². The number of rotatable bonds is 4. The molecule has 9 heteroatoms. The first-order valence-electron chi connectivity index (χ1n) is 10.4. The van der Waals surface area contributed by atoms with Crippen molar-refractivity contribution in [2.45, 2.75) is 51.6 Å². The fourth-order valence-electron chi connectivity index (χ4n) is 4.07. The average molecular weight is 439 g/mol. The molecule has 1 aliphatic heterocycles. The van der Waals surface area contributed by atoms with Crippen LogP contribution in [0.15, 0.2) is 23.0 Å². The lowest BCUT2D eigenvalue weighted by Gasteiger charge is -2.23. The number of ether oxygens (including phenoxy) is 1. The Hall–Kier alpha value is -3.20. The number of hydrogen-bond donors (Lipinski definition) is 3. The molecule has 3 heterocycles. The molecule has 2 aliphatic rings. The Kier molecular flexibility index (Phi) is 4.97. The van der Waals surface area contributed by atoms with Crippen molar-refractivity contribution in [1.82, 2.24) is 9.97 Å². The highest BCUT2D eigenvalue weighted by Crippen LogP contribution is 2.34. The number of H-pyrrole nitrogens is 1. The van der Waals surface area contributed by atoms with Crippen LogP contribution in [-0.4, -0.2) is 27.9 Å². The van der Waals surface area contributed by atoms with Gasteiger partial charge in [0.05, 0.1) is 11.1 Å². The van der Waals surface area contributed by atoms with E-state index in [-0.39, 0.29) is 23.8 Å². The number of anilines is 2. The highest BCUT2D eigenvalue weighted by Gasteiger charge is 2.24. The monoisotopic (exact) mass is 438 g/mol. The number of nitrogens with zero attached hydrogens (tertiary/aromatic N) is 1. The van der Waals surface area contributed by atoms with Crippen LogP contribution in [0.4, 0.5) is 11.4 Å². The van der Waals surface area contributed by atoms with Crippen molar-refractivity contribution in [3.8, 4) is 5.75 Å². The molecule has 160 valence electrons. The van der Waals surface area contributed by atoms with E-state index >= 15 is 0 Å². The Balaban J connectivity index is 1.27. The number of nitrogens with one attached hydrogen (secondary N) is 3. The van der Waals surface area contributed by atoms with Crippen molar-refractivity contribution in [1.29, 1.82) is 0 Å². The van der Waals surface area contributed by atoms with Crippen LogP contribution in [0.5, 0.6) is 5.75 Å². The van der Waals surface area contributed by atoms with E-state index in [2.05, 4.69) is 20.6 Å². The van der Waals surface area contributed by atoms with Gasteiger partial charge in [-0.25, -0.2) is 4.98 Å².